The predicted octanol–water partition coefficient (Wildman–Crippen LogP) is 4.59. The van der Waals surface area contributed by atoms with Crippen molar-refractivity contribution in [1.82, 2.24) is 0 Å². The molecule has 0 aliphatic heterocycles. The zero-order valence-corrected chi connectivity index (χ0v) is 13.3. The molecule has 0 fully saturated rings. The van der Waals surface area contributed by atoms with Gasteiger partial charge in [0.25, 0.3) is 0 Å². The Morgan fingerprint density at radius 3 is 2.05 bits per heavy atom. The SMILES string of the molecule is CC.O=NC(=O)c1ccc(SCC(=O)c2ccccc2)cc1. The Bertz CT molecular complexity index is 624. The van der Waals surface area contributed by atoms with Gasteiger partial charge in [-0.15, -0.1) is 16.7 Å². The molecule has 2 aromatic carbocycles. The number of hydrogen-bond donors (Lipinski definition) is 0. The normalized spacial score (nSPS) is 9.36. The van der Waals surface area contributed by atoms with Crippen molar-refractivity contribution >= 4 is 23.5 Å². The highest BCUT2D eigenvalue weighted by atomic mass is 32.2. The number of thioether (sulfide) groups is 1. The van der Waals surface area contributed by atoms with Crippen LogP contribution in [0.1, 0.15) is 34.6 Å². The average Bonchev–Trinajstić information content (AvgIpc) is 2.62. The molecule has 0 radical (unpaired) electrons. The van der Waals surface area contributed by atoms with Crippen molar-refractivity contribution in [3.8, 4) is 0 Å². The largest absolute Gasteiger partial charge is 0.316 e. The van der Waals surface area contributed by atoms with Crippen molar-refractivity contribution < 1.29 is 9.59 Å². The summed E-state index contributed by atoms with van der Waals surface area (Å²) in [5.74, 6) is -0.421. The molecular formula is C17H17NO3S. The molecule has 0 aliphatic rings. The van der Waals surface area contributed by atoms with Crippen LogP contribution in [0.25, 0.3) is 0 Å². The van der Waals surface area contributed by atoms with E-state index in [0.29, 0.717) is 11.3 Å². The first-order valence-corrected chi connectivity index (χ1v) is 7.88. The van der Waals surface area contributed by atoms with Crippen LogP contribution < -0.4 is 0 Å². The lowest BCUT2D eigenvalue weighted by atomic mass is 10.2. The molecule has 0 aromatic heterocycles. The lowest BCUT2D eigenvalue weighted by Crippen LogP contribution is -2.01. The molecule has 2 rings (SSSR count). The average molecular weight is 315 g/mol. The van der Waals surface area contributed by atoms with Crippen LogP contribution in [0.2, 0.25) is 0 Å². The number of carbonyl (C=O) groups is 2. The smallest absolute Gasteiger partial charge is 0.293 e. The number of hydrogen-bond acceptors (Lipinski definition) is 4. The minimum Gasteiger partial charge on any atom is -0.293 e. The summed E-state index contributed by atoms with van der Waals surface area (Å²) in [5, 5.41) is 2.35. The van der Waals surface area contributed by atoms with E-state index in [0.717, 1.165) is 4.90 Å². The van der Waals surface area contributed by atoms with E-state index >= 15 is 0 Å². The molecule has 0 aliphatic carbocycles. The number of amides is 1. The molecule has 0 bridgehead atoms. The van der Waals surface area contributed by atoms with Gasteiger partial charge in [0.1, 0.15) is 0 Å². The third-order valence-corrected chi connectivity index (χ3v) is 3.66. The van der Waals surface area contributed by atoms with Gasteiger partial charge in [-0.25, -0.2) is 0 Å². The topological polar surface area (TPSA) is 63.6 Å². The van der Waals surface area contributed by atoms with Gasteiger partial charge < -0.3 is 0 Å². The minimum absolute atomic E-state index is 0.0466. The first-order valence-electron chi connectivity index (χ1n) is 6.89. The molecule has 2 aromatic rings. The van der Waals surface area contributed by atoms with Crippen LogP contribution in [-0.4, -0.2) is 17.4 Å². The van der Waals surface area contributed by atoms with E-state index in [1.54, 1.807) is 24.3 Å². The lowest BCUT2D eigenvalue weighted by molar-refractivity contribution is 0.0997. The molecule has 22 heavy (non-hydrogen) atoms. The van der Waals surface area contributed by atoms with E-state index in [9.17, 15) is 14.5 Å². The number of ketones is 1. The second-order valence-corrected chi connectivity index (χ2v) is 5.05. The zero-order valence-electron chi connectivity index (χ0n) is 12.5. The van der Waals surface area contributed by atoms with Crippen LogP contribution in [-0.2, 0) is 0 Å². The first-order chi connectivity index (χ1) is 10.7. The summed E-state index contributed by atoms with van der Waals surface area (Å²) in [7, 11) is 0. The Morgan fingerprint density at radius 2 is 1.50 bits per heavy atom. The molecule has 0 unspecified atom stereocenters. The summed E-state index contributed by atoms with van der Waals surface area (Å²) in [4.78, 5) is 33.9. The third kappa shape index (κ3) is 5.26. The molecule has 0 spiro atoms. The number of rotatable bonds is 5. The molecule has 114 valence electrons. The Kier molecular flexibility index (Phi) is 7.78. The fourth-order valence-electron chi connectivity index (χ4n) is 1.60. The van der Waals surface area contributed by atoms with Gasteiger partial charge in [-0.3, -0.25) is 9.59 Å². The molecule has 4 nitrogen and oxygen atoms in total. The minimum atomic E-state index is -0.790. The van der Waals surface area contributed by atoms with Crippen molar-refractivity contribution in [3.05, 3.63) is 70.6 Å². The molecular weight excluding hydrogens is 298 g/mol. The lowest BCUT2D eigenvalue weighted by Gasteiger charge is -2.02. The maximum absolute atomic E-state index is 11.9. The van der Waals surface area contributed by atoms with Gasteiger partial charge in [-0.05, 0) is 24.3 Å². The molecule has 0 saturated carbocycles. The number of Topliss-reactive ketones (excluding diaryl/α,β-unsaturated/α-hetero) is 1. The molecule has 0 heterocycles. The van der Waals surface area contributed by atoms with E-state index in [1.807, 2.05) is 32.0 Å². The summed E-state index contributed by atoms with van der Waals surface area (Å²) < 4.78 is 0. The van der Waals surface area contributed by atoms with Gasteiger partial charge in [0.05, 0.1) is 5.75 Å². The summed E-state index contributed by atoms with van der Waals surface area (Å²) >= 11 is 1.38. The van der Waals surface area contributed by atoms with Gasteiger partial charge in [0, 0.05) is 21.2 Å². The molecule has 0 N–H and O–H groups in total. The van der Waals surface area contributed by atoms with Crippen molar-refractivity contribution in [2.75, 3.05) is 5.75 Å². The molecule has 5 heteroatoms. The van der Waals surface area contributed by atoms with E-state index in [4.69, 9.17) is 0 Å². The number of benzene rings is 2. The number of carbonyl (C=O) groups excluding carboxylic acids is 2. The molecule has 0 saturated heterocycles. The molecule has 1 amide bonds. The maximum Gasteiger partial charge on any atom is 0.316 e. The monoisotopic (exact) mass is 315 g/mol. The predicted molar refractivity (Wildman–Crippen MR) is 89.4 cm³/mol. The Balaban J connectivity index is 0.00000116. The van der Waals surface area contributed by atoms with Gasteiger partial charge >= 0.3 is 5.91 Å². The van der Waals surface area contributed by atoms with Crippen LogP contribution in [0.15, 0.2) is 64.7 Å². The van der Waals surface area contributed by atoms with E-state index < -0.39 is 5.91 Å². The summed E-state index contributed by atoms with van der Waals surface area (Å²) in [6.45, 7) is 4.00. The maximum atomic E-state index is 11.9. The van der Waals surface area contributed by atoms with Crippen LogP contribution in [0, 0.1) is 4.91 Å². The van der Waals surface area contributed by atoms with Gasteiger partial charge in [0.15, 0.2) is 5.78 Å². The van der Waals surface area contributed by atoms with Crippen LogP contribution in [0.4, 0.5) is 0 Å². The van der Waals surface area contributed by atoms with Gasteiger partial charge in [-0.1, -0.05) is 44.2 Å². The zero-order chi connectivity index (χ0) is 16.4. The van der Waals surface area contributed by atoms with E-state index in [2.05, 4.69) is 5.18 Å². The van der Waals surface area contributed by atoms with Crippen LogP contribution >= 0.6 is 11.8 Å². The second-order valence-electron chi connectivity index (χ2n) is 4.00. The summed E-state index contributed by atoms with van der Waals surface area (Å²) in [6, 6.07) is 15.5. The van der Waals surface area contributed by atoms with Crippen LogP contribution in [0.3, 0.4) is 0 Å². The van der Waals surface area contributed by atoms with Gasteiger partial charge in [-0.2, -0.15) is 0 Å². The van der Waals surface area contributed by atoms with E-state index in [-0.39, 0.29) is 11.3 Å². The van der Waals surface area contributed by atoms with Crippen molar-refractivity contribution in [2.45, 2.75) is 18.7 Å². The quantitative estimate of drug-likeness (QED) is 0.460. The third-order valence-electron chi connectivity index (χ3n) is 2.65. The van der Waals surface area contributed by atoms with Crippen molar-refractivity contribution in [1.29, 1.82) is 0 Å². The second kappa shape index (κ2) is 9.63. The fraction of sp³-hybridized carbons (Fsp3) is 0.176. The standard InChI is InChI=1S/C15H11NO3S.C2H6/c17-14(11-4-2-1-3-5-11)10-20-13-8-6-12(7-9-13)15(18)16-19;1-2/h1-9H,10H2;1-2H3. The van der Waals surface area contributed by atoms with Crippen molar-refractivity contribution in [3.63, 3.8) is 0 Å². The highest BCUT2D eigenvalue weighted by molar-refractivity contribution is 8.00. The fourth-order valence-corrected chi connectivity index (χ4v) is 2.40. The first kappa shape index (κ1) is 17.8. The Labute approximate surface area is 133 Å². The highest BCUT2D eigenvalue weighted by Crippen LogP contribution is 2.20. The summed E-state index contributed by atoms with van der Waals surface area (Å²) in [6.07, 6.45) is 0. The summed E-state index contributed by atoms with van der Waals surface area (Å²) in [5.41, 5.74) is 0.927. The van der Waals surface area contributed by atoms with Gasteiger partial charge in [0.2, 0.25) is 0 Å². The number of nitroso groups, excluding NO2 is 1. The van der Waals surface area contributed by atoms with E-state index in [1.165, 1.54) is 23.9 Å². The van der Waals surface area contributed by atoms with Crippen LogP contribution in [0.5, 0.6) is 0 Å². The van der Waals surface area contributed by atoms with Crippen molar-refractivity contribution in [2.24, 2.45) is 5.18 Å². The molecule has 0 atom stereocenters. The number of nitrogens with zero attached hydrogens (tertiary/aromatic N) is 1. The highest BCUT2D eigenvalue weighted by Gasteiger charge is 2.08. The Hall–Kier alpha value is -2.27. The Morgan fingerprint density at radius 1 is 0.909 bits per heavy atom.